The van der Waals surface area contributed by atoms with Gasteiger partial charge in [0.2, 0.25) is 0 Å². The van der Waals surface area contributed by atoms with Gasteiger partial charge in [-0.05, 0) is 50.5 Å². The number of nitrogens with one attached hydrogen (secondary N) is 1. The monoisotopic (exact) mass is 305 g/mol. The van der Waals surface area contributed by atoms with Crippen LogP contribution in [0.15, 0.2) is 35.2 Å². The van der Waals surface area contributed by atoms with E-state index in [4.69, 9.17) is 0 Å². The van der Waals surface area contributed by atoms with Gasteiger partial charge in [0, 0.05) is 18.4 Å². The van der Waals surface area contributed by atoms with Crippen LogP contribution in [0.3, 0.4) is 0 Å². The first kappa shape index (κ1) is 14.1. The van der Waals surface area contributed by atoms with Gasteiger partial charge >= 0.3 is 0 Å². The predicted octanol–water partition coefficient (Wildman–Crippen LogP) is 2.55. The number of anilines is 1. The zero-order chi connectivity index (χ0) is 15.0. The van der Waals surface area contributed by atoms with E-state index in [1.165, 1.54) is 25.5 Å². The van der Waals surface area contributed by atoms with Gasteiger partial charge in [-0.15, -0.1) is 0 Å². The molecule has 5 nitrogen and oxygen atoms in total. The summed E-state index contributed by atoms with van der Waals surface area (Å²) in [4.78, 5) is 0.323. The van der Waals surface area contributed by atoms with E-state index in [0.29, 0.717) is 10.9 Å². The van der Waals surface area contributed by atoms with Crippen LogP contribution in [0.1, 0.15) is 25.0 Å². The lowest BCUT2D eigenvalue weighted by Crippen LogP contribution is -2.28. The summed E-state index contributed by atoms with van der Waals surface area (Å²) < 4.78 is 24.9. The van der Waals surface area contributed by atoms with Crippen LogP contribution in [0.2, 0.25) is 0 Å². The first-order valence-corrected chi connectivity index (χ1v) is 8.96. The molecule has 0 amide bonds. The first-order chi connectivity index (χ1) is 9.93. The highest BCUT2D eigenvalue weighted by Crippen LogP contribution is 2.25. The molecule has 1 aromatic carbocycles. The number of sulfone groups is 1. The molecule has 1 N–H and O–H groups in total. The van der Waals surface area contributed by atoms with Gasteiger partial charge in [-0.3, -0.25) is 0 Å². The minimum atomic E-state index is -3.17. The van der Waals surface area contributed by atoms with Crippen LogP contribution >= 0.6 is 0 Å². The lowest BCUT2D eigenvalue weighted by molar-refractivity contribution is 0.443. The van der Waals surface area contributed by atoms with Gasteiger partial charge in [-0.25, -0.2) is 13.1 Å². The van der Waals surface area contributed by atoms with E-state index >= 15 is 0 Å². The van der Waals surface area contributed by atoms with Crippen molar-refractivity contribution in [1.82, 2.24) is 9.78 Å². The maximum Gasteiger partial charge on any atom is 0.175 e. The quantitative estimate of drug-likeness (QED) is 0.943. The number of rotatable bonds is 4. The Hall–Kier alpha value is -1.82. The lowest BCUT2D eigenvalue weighted by atomic mass is 9.93. The molecule has 3 rings (SSSR count). The Labute approximate surface area is 124 Å². The Morgan fingerprint density at radius 1 is 1.24 bits per heavy atom. The van der Waals surface area contributed by atoms with E-state index in [1.807, 2.05) is 17.7 Å². The number of hydrogen-bond acceptors (Lipinski definition) is 4. The van der Waals surface area contributed by atoms with Gasteiger partial charge in [-0.1, -0.05) is 0 Å². The molecule has 0 radical (unpaired) electrons. The Bertz CT molecular complexity index is 744. The third-order valence-corrected chi connectivity index (χ3v) is 4.93. The Kier molecular flexibility index (Phi) is 3.49. The van der Waals surface area contributed by atoms with Crippen molar-refractivity contribution in [2.24, 2.45) is 0 Å². The molecule has 0 unspecified atom stereocenters. The minimum absolute atomic E-state index is 0.323. The SMILES string of the molecule is Cc1cc(NC2CCC2)n(-c2ccc(S(C)(=O)=O)cc2)n1. The summed E-state index contributed by atoms with van der Waals surface area (Å²) in [5.74, 6) is 0.962. The van der Waals surface area contributed by atoms with Gasteiger partial charge in [0.25, 0.3) is 0 Å². The second-order valence-corrected chi connectivity index (χ2v) is 7.64. The van der Waals surface area contributed by atoms with E-state index in [0.717, 1.165) is 17.2 Å². The molecule has 1 saturated carbocycles. The summed E-state index contributed by atoms with van der Waals surface area (Å²) in [6, 6.07) is 9.35. The van der Waals surface area contributed by atoms with Crippen LogP contribution in [-0.4, -0.2) is 30.5 Å². The predicted molar refractivity (Wildman–Crippen MR) is 82.7 cm³/mol. The fraction of sp³-hybridized carbons (Fsp3) is 0.400. The van der Waals surface area contributed by atoms with Gasteiger partial charge in [0.05, 0.1) is 16.3 Å². The molecule has 21 heavy (non-hydrogen) atoms. The molecule has 1 aliphatic carbocycles. The lowest BCUT2D eigenvalue weighted by Gasteiger charge is -2.27. The molecule has 112 valence electrons. The summed E-state index contributed by atoms with van der Waals surface area (Å²) in [6.07, 6.45) is 4.87. The standard InChI is InChI=1S/C15H19N3O2S/c1-11-10-15(16-12-4-3-5-12)18(17-11)13-6-8-14(9-7-13)21(2,19)20/h6-10,12,16H,3-5H2,1-2H3. The maximum absolute atomic E-state index is 11.5. The van der Waals surface area contributed by atoms with Crippen LogP contribution in [0.25, 0.3) is 5.69 Å². The average molecular weight is 305 g/mol. The molecule has 2 aromatic rings. The zero-order valence-corrected chi connectivity index (χ0v) is 13.0. The number of hydrogen-bond donors (Lipinski definition) is 1. The van der Waals surface area contributed by atoms with Gasteiger partial charge in [0.15, 0.2) is 9.84 Å². The largest absolute Gasteiger partial charge is 0.367 e. The molecule has 0 atom stereocenters. The molecule has 1 heterocycles. The third-order valence-electron chi connectivity index (χ3n) is 3.80. The Morgan fingerprint density at radius 2 is 1.90 bits per heavy atom. The highest BCUT2D eigenvalue weighted by Gasteiger charge is 2.19. The number of benzene rings is 1. The highest BCUT2D eigenvalue weighted by atomic mass is 32.2. The van der Waals surface area contributed by atoms with Gasteiger partial charge in [-0.2, -0.15) is 5.10 Å². The third kappa shape index (κ3) is 2.95. The van der Waals surface area contributed by atoms with Crippen molar-refractivity contribution in [3.05, 3.63) is 36.0 Å². The van der Waals surface area contributed by atoms with Crippen LogP contribution in [-0.2, 0) is 9.84 Å². The highest BCUT2D eigenvalue weighted by molar-refractivity contribution is 7.90. The Balaban J connectivity index is 1.92. The molecule has 6 heteroatoms. The van der Waals surface area contributed by atoms with Crippen molar-refractivity contribution in [2.45, 2.75) is 37.1 Å². The minimum Gasteiger partial charge on any atom is -0.367 e. The number of nitrogens with zero attached hydrogens (tertiary/aromatic N) is 2. The van der Waals surface area contributed by atoms with Crippen LogP contribution in [0, 0.1) is 6.92 Å². The summed E-state index contributed by atoms with van der Waals surface area (Å²) in [5.41, 5.74) is 1.79. The van der Waals surface area contributed by atoms with Gasteiger partial charge in [0.1, 0.15) is 5.82 Å². The van der Waals surface area contributed by atoms with Crippen molar-refractivity contribution in [3.63, 3.8) is 0 Å². The van der Waals surface area contributed by atoms with E-state index in [9.17, 15) is 8.42 Å². The molecule has 1 aromatic heterocycles. The summed E-state index contributed by atoms with van der Waals surface area (Å²) in [6.45, 7) is 1.95. The molecule has 1 fully saturated rings. The Morgan fingerprint density at radius 3 is 2.43 bits per heavy atom. The molecule has 0 saturated heterocycles. The summed E-state index contributed by atoms with van der Waals surface area (Å²) >= 11 is 0. The molecule has 1 aliphatic rings. The second-order valence-electron chi connectivity index (χ2n) is 5.62. The molecular weight excluding hydrogens is 286 g/mol. The van der Waals surface area contributed by atoms with Crippen LogP contribution in [0.4, 0.5) is 5.82 Å². The van der Waals surface area contributed by atoms with Crippen molar-refractivity contribution < 1.29 is 8.42 Å². The topological polar surface area (TPSA) is 64.0 Å². The van der Waals surface area contributed by atoms with Crippen molar-refractivity contribution in [3.8, 4) is 5.69 Å². The molecule has 0 aliphatic heterocycles. The van der Waals surface area contributed by atoms with Crippen molar-refractivity contribution >= 4 is 15.7 Å². The fourth-order valence-corrected chi connectivity index (χ4v) is 3.03. The number of aromatic nitrogens is 2. The van der Waals surface area contributed by atoms with E-state index < -0.39 is 9.84 Å². The first-order valence-electron chi connectivity index (χ1n) is 7.07. The molecule has 0 spiro atoms. The van der Waals surface area contributed by atoms with E-state index in [-0.39, 0.29) is 0 Å². The summed E-state index contributed by atoms with van der Waals surface area (Å²) in [5, 5.41) is 7.98. The van der Waals surface area contributed by atoms with Crippen LogP contribution < -0.4 is 5.32 Å². The van der Waals surface area contributed by atoms with Crippen molar-refractivity contribution in [2.75, 3.05) is 11.6 Å². The fourth-order valence-electron chi connectivity index (χ4n) is 2.40. The van der Waals surface area contributed by atoms with Crippen LogP contribution in [0.5, 0.6) is 0 Å². The zero-order valence-electron chi connectivity index (χ0n) is 12.2. The normalized spacial score (nSPS) is 15.7. The van der Waals surface area contributed by atoms with Gasteiger partial charge < -0.3 is 5.32 Å². The summed E-state index contributed by atoms with van der Waals surface area (Å²) in [7, 11) is -3.17. The molecule has 0 bridgehead atoms. The maximum atomic E-state index is 11.5. The van der Waals surface area contributed by atoms with E-state index in [1.54, 1.807) is 24.3 Å². The second kappa shape index (κ2) is 5.18. The smallest absolute Gasteiger partial charge is 0.175 e. The molecular formula is C15H19N3O2S. The number of aryl methyl sites for hydroxylation is 1. The van der Waals surface area contributed by atoms with E-state index in [2.05, 4.69) is 10.4 Å². The van der Waals surface area contributed by atoms with Crippen molar-refractivity contribution in [1.29, 1.82) is 0 Å². The average Bonchev–Trinajstić information content (AvgIpc) is 2.74.